The molecule has 0 aliphatic carbocycles. The minimum absolute atomic E-state index is 0.0515. The molecule has 0 fully saturated rings. The molecule has 2 heterocycles. The van der Waals surface area contributed by atoms with Crippen molar-refractivity contribution < 1.29 is 4.92 Å². The van der Waals surface area contributed by atoms with E-state index in [1.807, 2.05) is 10.8 Å². The first-order valence-corrected chi connectivity index (χ1v) is 6.48. The number of hydrogen-bond donors (Lipinski definition) is 1. The summed E-state index contributed by atoms with van der Waals surface area (Å²) in [4.78, 5) is 18.4. The Morgan fingerprint density at radius 2 is 2.25 bits per heavy atom. The minimum atomic E-state index is -0.419. The van der Waals surface area contributed by atoms with Crippen LogP contribution < -0.4 is 5.32 Å². The second-order valence-electron chi connectivity index (χ2n) is 4.49. The van der Waals surface area contributed by atoms with Crippen LogP contribution in [-0.4, -0.2) is 26.0 Å². The van der Waals surface area contributed by atoms with Crippen molar-refractivity contribution in [3.63, 3.8) is 0 Å². The zero-order valence-electron chi connectivity index (χ0n) is 11.3. The molecule has 0 saturated heterocycles. The van der Waals surface area contributed by atoms with Crippen LogP contribution in [0.2, 0.25) is 0 Å². The second kappa shape index (κ2) is 6.65. The molecule has 0 spiro atoms. The maximum Gasteiger partial charge on any atom is 0.290 e. The highest BCUT2D eigenvalue weighted by Gasteiger charge is 2.11. The molecule has 20 heavy (non-hydrogen) atoms. The van der Waals surface area contributed by atoms with Crippen molar-refractivity contribution in [1.82, 2.24) is 14.5 Å². The van der Waals surface area contributed by atoms with Crippen LogP contribution in [0.25, 0.3) is 0 Å². The predicted molar refractivity (Wildman–Crippen MR) is 75.6 cm³/mol. The quantitative estimate of drug-likeness (QED) is 0.476. The van der Waals surface area contributed by atoms with Crippen LogP contribution in [0.5, 0.6) is 0 Å². The summed E-state index contributed by atoms with van der Waals surface area (Å²) in [5.74, 6) is 0.677. The Morgan fingerprint density at radius 1 is 1.40 bits per heavy atom. The maximum atomic E-state index is 10.7. The molecule has 7 nitrogen and oxygen atoms in total. The van der Waals surface area contributed by atoms with Gasteiger partial charge in [0.2, 0.25) is 0 Å². The molecule has 0 unspecified atom stereocenters. The zero-order chi connectivity index (χ0) is 14.4. The molecular weight excluding hydrogens is 258 g/mol. The normalized spacial score (nSPS) is 10.4. The van der Waals surface area contributed by atoms with E-state index < -0.39 is 4.92 Å². The van der Waals surface area contributed by atoms with Gasteiger partial charge in [0.1, 0.15) is 11.5 Å². The van der Waals surface area contributed by atoms with Crippen LogP contribution in [-0.2, 0) is 6.54 Å². The van der Waals surface area contributed by atoms with E-state index in [4.69, 9.17) is 0 Å². The molecular formula is C13H17N5O2. The lowest BCUT2D eigenvalue weighted by Gasteiger charge is -2.06. The third-order valence-electron chi connectivity index (χ3n) is 2.96. The average molecular weight is 275 g/mol. The van der Waals surface area contributed by atoms with Crippen molar-refractivity contribution in [2.24, 2.45) is 0 Å². The number of nitro groups is 1. The number of nitrogens with one attached hydrogen (secondary N) is 1. The summed E-state index contributed by atoms with van der Waals surface area (Å²) in [6, 6.07) is 3.12. The van der Waals surface area contributed by atoms with Gasteiger partial charge in [0.25, 0.3) is 5.69 Å². The van der Waals surface area contributed by atoms with Crippen molar-refractivity contribution in [3.05, 3.63) is 46.7 Å². The predicted octanol–water partition coefficient (Wildman–Crippen LogP) is 2.39. The highest BCUT2D eigenvalue weighted by Crippen LogP contribution is 2.17. The Balaban J connectivity index is 1.74. The van der Waals surface area contributed by atoms with E-state index in [0.717, 1.165) is 25.9 Å². The number of nitrogens with zero attached hydrogens (tertiary/aromatic N) is 4. The number of hydrogen-bond acceptors (Lipinski definition) is 5. The van der Waals surface area contributed by atoms with Crippen molar-refractivity contribution in [1.29, 1.82) is 0 Å². The molecule has 2 rings (SSSR count). The monoisotopic (exact) mass is 275 g/mol. The number of imidazole rings is 1. The molecule has 7 heteroatoms. The van der Waals surface area contributed by atoms with Gasteiger partial charge in [0.05, 0.1) is 11.3 Å². The summed E-state index contributed by atoms with van der Waals surface area (Å²) in [7, 11) is 0. The van der Waals surface area contributed by atoms with E-state index in [9.17, 15) is 10.1 Å². The van der Waals surface area contributed by atoms with Crippen LogP contribution in [0.4, 0.5) is 11.5 Å². The Morgan fingerprint density at radius 3 is 2.90 bits per heavy atom. The highest BCUT2D eigenvalue weighted by molar-refractivity contribution is 5.44. The molecule has 2 aromatic heterocycles. The summed E-state index contributed by atoms with van der Waals surface area (Å²) in [5.41, 5.74) is 0.481. The van der Waals surface area contributed by atoms with Crippen molar-refractivity contribution in [2.45, 2.75) is 26.3 Å². The van der Waals surface area contributed by atoms with E-state index in [-0.39, 0.29) is 5.69 Å². The second-order valence-corrected chi connectivity index (χ2v) is 4.49. The van der Waals surface area contributed by atoms with Gasteiger partial charge in [-0.3, -0.25) is 10.1 Å². The summed E-state index contributed by atoms with van der Waals surface area (Å²) in [6.07, 6.45) is 7.54. The Hall–Kier alpha value is -2.44. The number of aryl methyl sites for hydroxylation is 2. The van der Waals surface area contributed by atoms with E-state index in [2.05, 4.69) is 15.3 Å². The van der Waals surface area contributed by atoms with Crippen LogP contribution in [0.15, 0.2) is 30.9 Å². The third kappa shape index (κ3) is 3.78. The van der Waals surface area contributed by atoms with Gasteiger partial charge in [-0.25, -0.2) is 9.97 Å². The summed E-state index contributed by atoms with van der Waals surface area (Å²) in [6.45, 7) is 3.37. The molecule has 0 bridgehead atoms. The zero-order valence-corrected chi connectivity index (χ0v) is 11.3. The molecule has 0 aromatic carbocycles. The van der Waals surface area contributed by atoms with Crippen LogP contribution in [0.1, 0.15) is 18.5 Å². The van der Waals surface area contributed by atoms with Gasteiger partial charge in [-0.1, -0.05) is 0 Å². The largest absolute Gasteiger partial charge is 0.370 e. The molecule has 2 aromatic rings. The first kappa shape index (κ1) is 14.0. The van der Waals surface area contributed by atoms with E-state index >= 15 is 0 Å². The number of rotatable bonds is 7. The minimum Gasteiger partial charge on any atom is -0.370 e. The Bertz CT molecular complexity index is 568. The standard InChI is InChI=1S/C13H17N5O2/c1-11-12(18(19)20)4-5-13(16-11)15-6-2-3-8-17-9-7-14-10-17/h4-5,7,9-10H,2-3,6,8H2,1H3,(H,15,16). The molecule has 0 saturated carbocycles. The first-order valence-electron chi connectivity index (χ1n) is 6.48. The fourth-order valence-electron chi connectivity index (χ4n) is 1.90. The smallest absolute Gasteiger partial charge is 0.290 e. The van der Waals surface area contributed by atoms with E-state index in [1.165, 1.54) is 6.07 Å². The van der Waals surface area contributed by atoms with E-state index in [0.29, 0.717) is 11.5 Å². The molecule has 0 amide bonds. The van der Waals surface area contributed by atoms with Gasteiger partial charge >= 0.3 is 0 Å². The fourth-order valence-corrected chi connectivity index (χ4v) is 1.90. The number of pyridine rings is 1. The molecule has 106 valence electrons. The summed E-state index contributed by atoms with van der Waals surface area (Å²) in [5, 5.41) is 13.9. The average Bonchev–Trinajstić information content (AvgIpc) is 2.91. The van der Waals surface area contributed by atoms with Crippen LogP contribution in [0.3, 0.4) is 0 Å². The molecule has 1 N–H and O–H groups in total. The lowest BCUT2D eigenvalue weighted by molar-refractivity contribution is -0.385. The SMILES string of the molecule is Cc1nc(NCCCCn2ccnc2)ccc1[N+](=O)[O-]. The van der Waals surface area contributed by atoms with Gasteiger partial charge in [-0.05, 0) is 25.8 Å². The Kier molecular flexibility index (Phi) is 4.65. The first-order chi connectivity index (χ1) is 9.66. The van der Waals surface area contributed by atoms with E-state index in [1.54, 1.807) is 25.5 Å². The highest BCUT2D eigenvalue weighted by atomic mass is 16.6. The third-order valence-corrected chi connectivity index (χ3v) is 2.96. The van der Waals surface area contributed by atoms with Gasteiger partial charge in [0, 0.05) is 31.5 Å². The molecule has 0 atom stereocenters. The van der Waals surface area contributed by atoms with Gasteiger partial charge in [-0.2, -0.15) is 0 Å². The van der Waals surface area contributed by atoms with Gasteiger partial charge < -0.3 is 9.88 Å². The number of anilines is 1. The summed E-state index contributed by atoms with van der Waals surface area (Å²) >= 11 is 0. The molecule has 0 radical (unpaired) electrons. The molecule has 0 aliphatic rings. The number of unbranched alkanes of at least 4 members (excludes halogenated alkanes) is 1. The van der Waals surface area contributed by atoms with Gasteiger partial charge in [0.15, 0.2) is 0 Å². The topological polar surface area (TPSA) is 85.9 Å². The fraction of sp³-hybridized carbons (Fsp3) is 0.385. The van der Waals surface area contributed by atoms with Crippen LogP contribution in [0, 0.1) is 17.0 Å². The maximum absolute atomic E-state index is 10.7. The number of aromatic nitrogens is 3. The van der Waals surface area contributed by atoms with Gasteiger partial charge in [-0.15, -0.1) is 0 Å². The molecule has 0 aliphatic heterocycles. The van der Waals surface area contributed by atoms with Crippen molar-refractivity contribution in [2.75, 3.05) is 11.9 Å². The van der Waals surface area contributed by atoms with Crippen molar-refractivity contribution in [3.8, 4) is 0 Å². The summed E-state index contributed by atoms with van der Waals surface area (Å²) < 4.78 is 2.04. The lowest BCUT2D eigenvalue weighted by Crippen LogP contribution is -2.06. The lowest BCUT2D eigenvalue weighted by atomic mass is 10.3. The van der Waals surface area contributed by atoms with Crippen LogP contribution >= 0.6 is 0 Å². The Labute approximate surface area is 116 Å². The van der Waals surface area contributed by atoms with Crippen molar-refractivity contribution >= 4 is 11.5 Å².